The van der Waals surface area contributed by atoms with Crippen LogP contribution < -0.4 is 5.56 Å². The standard InChI is InChI=1S/C25H22N4O3/c30-22-14-13-19(26-29(22)20-11-5-4-10-18(20)16-23(31)32)24-21-12-6-7-15-28(21)27-25(24)17-8-2-1-3-9-17/h1-3,6-9,12-16,20H,4-5,10-11H2,(H,31,32)/b18-16-. The average Bonchev–Trinajstić information content (AvgIpc) is 3.20. The van der Waals surface area contributed by atoms with Gasteiger partial charge in [0.05, 0.1) is 22.8 Å². The van der Waals surface area contributed by atoms with Crippen LogP contribution >= 0.6 is 0 Å². The lowest BCUT2D eigenvalue weighted by atomic mass is 9.89. The molecule has 1 saturated carbocycles. The molecule has 0 bridgehead atoms. The Bertz CT molecular complexity index is 1390. The van der Waals surface area contributed by atoms with E-state index in [4.69, 9.17) is 10.2 Å². The highest BCUT2D eigenvalue weighted by Crippen LogP contribution is 2.35. The van der Waals surface area contributed by atoms with E-state index in [1.165, 1.54) is 16.8 Å². The van der Waals surface area contributed by atoms with Gasteiger partial charge in [0.15, 0.2) is 0 Å². The third-order valence-corrected chi connectivity index (χ3v) is 5.89. The van der Waals surface area contributed by atoms with Gasteiger partial charge in [-0.25, -0.2) is 14.0 Å². The van der Waals surface area contributed by atoms with Gasteiger partial charge in [0.2, 0.25) is 0 Å². The molecular formula is C25H22N4O3. The lowest BCUT2D eigenvalue weighted by molar-refractivity contribution is -0.131. The number of aliphatic carboxylic acids is 1. The summed E-state index contributed by atoms with van der Waals surface area (Å²) < 4.78 is 3.26. The second-order valence-electron chi connectivity index (χ2n) is 7.94. The summed E-state index contributed by atoms with van der Waals surface area (Å²) in [5, 5.41) is 18.8. The quantitative estimate of drug-likeness (QED) is 0.490. The maximum atomic E-state index is 12.8. The van der Waals surface area contributed by atoms with Crippen LogP contribution in [-0.4, -0.2) is 30.5 Å². The van der Waals surface area contributed by atoms with Gasteiger partial charge in [-0.15, -0.1) is 0 Å². The highest BCUT2D eigenvalue weighted by molar-refractivity contribution is 5.90. The molecule has 160 valence electrons. The van der Waals surface area contributed by atoms with Gasteiger partial charge < -0.3 is 5.11 Å². The molecular weight excluding hydrogens is 404 g/mol. The van der Waals surface area contributed by atoms with Gasteiger partial charge in [-0.3, -0.25) is 4.79 Å². The molecule has 1 unspecified atom stereocenters. The van der Waals surface area contributed by atoms with Crippen molar-refractivity contribution in [1.82, 2.24) is 19.4 Å². The molecule has 1 fully saturated rings. The first-order chi connectivity index (χ1) is 15.6. The van der Waals surface area contributed by atoms with E-state index in [0.717, 1.165) is 40.8 Å². The fourth-order valence-corrected chi connectivity index (χ4v) is 4.46. The van der Waals surface area contributed by atoms with Crippen molar-refractivity contribution in [3.63, 3.8) is 0 Å². The topological polar surface area (TPSA) is 89.5 Å². The SMILES string of the molecule is O=C(O)/C=C1/CCCCC1n1nc(-c2c(-c3ccccc3)nn3ccccc23)ccc1=O. The van der Waals surface area contributed by atoms with Crippen LogP contribution in [0.15, 0.2) is 83.3 Å². The van der Waals surface area contributed by atoms with E-state index in [1.807, 2.05) is 59.2 Å². The van der Waals surface area contributed by atoms with Crippen LogP contribution in [0.2, 0.25) is 0 Å². The summed E-state index contributed by atoms with van der Waals surface area (Å²) in [6.45, 7) is 0. The number of pyridine rings is 1. The number of hydrogen-bond acceptors (Lipinski definition) is 4. The number of fused-ring (bicyclic) bond motifs is 1. The number of aromatic nitrogens is 4. The molecule has 7 nitrogen and oxygen atoms in total. The third-order valence-electron chi connectivity index (χ3n) is 5.89. The number of hydrogen-bond donors (Lipinski definition) is 1. The normalized spacial score (nSPS) is 17.6. The zero-order valence-electron chi connectivity index (χ0n) is 17.4. The summed E-state index contributed by atoms with van der Waals surface area (Å²) in [7, 11) is 0. The van der Waals surface area contributed by atoms with Crippen molar-refractivity contribution in [2.45, 2.75) is 31.7 Å². The first-order valence-electron chi connectivity index (χ1n) is 10.7. The maximum absolute atomic E-state index is 12.8. The van der Waals surface area contributed by atoms with Crippen molar-refractivity contribution < 1.29 is 9.90 Å². The van der Waals surface area contributed by atoms with Crippen LogP contribution in [0.1, 0.15) is 31.7 Å². The lowest BCUT2D eigenvalue weighted by Gasteiger charge is -2.26. The van der Waals surface area contributed by atoms with Gasteiger partial charge in [0.25, 0.3) is 5.56 Å². The Morgan fingerprint density at radius 2 is 1.81 bits per heavy atom. The Morgan fingerprint density at radius 1 is 1.00 bits per heavy atom. The summed E-state index contributed by atoms with van der Waals surface area (Å²) in [6, 6.07) is 18.6. The van der Waals surface area contributed by atoms with E-state index in [2.05, 4.69) is 0 Å². The molecule has 1 atom stereocenters. The largest absolute Gasteiger partial charge is 0.478 e. The van der Waals surface area contributed by atoms with Crippen molar-refractivity contribution in [2.75, 3.05) is 0 Å². The monoisotopic (exact) mass is 426 g/mol. The van der Waals surface area contributed by atoms with Crippen LogP contribution in [0, 0.1) is 0 Å². The molecule has 0 saturated heterocycles. The number of carboxylic acid groups (broad SMARTS) is 1. The van der Waals surface area contributed by atoms with Gasteiger partial charge in [-0.05, 0) is 43.0 Å². The zero-order valence-corrected chi connectivity index (χ0v) is 17.4. The van der Waals surface area contributed by atoms with Gasteiger partial charge >= 0.3 is 5.97 Å². The molecule has 1 aliphatic rings. The van der Waals surface area contributed by atoms with E-state index in [-0.39, 0.29) is 11.6 Å². The summed E-state index contributed by atoms with van der Waals surface area (Å²) in [4.78, 5) is 24.1. The molecule has 1 aromatic carbocycles. The second-order valence-corrected chi connectivity index (χ2v) is 7.94. The molecule has 7 heteroatoms. The summed E-state index contributed by atoms with van der Waals surface area (Å²) in [5.41, 5.74) is 4.58. The molecule has 3 aromatic heterocycles. The van der Waals surface area contributed by atoms with Gasteiger partial charge in [0.1, 0.15) is 5.69 Å². The van der Waals surface area contributed by atoms with Crippen LogP contribution in [0.25, 0.3) is 28.0 Å². The fraction of sp³-hybridized carbons (Fsp3) is 0.200. The van der Waals surface area contributed by atoms with Gasteiger partial charge in [-0.2, -0.15) is 10.2 Å². The van der Waals surface area contributed by atoms with Crippen molar-refractivity contribution >= 4 is 11.5 Å². The molecule has 32 heavy (non-hydrogen) atoms. The van der Waals surface area contributed by atoms with Crippen LogP contribution in [0.5, 0.6) is 0 Å². The molecule has 0 radical (unpaired) electrons. The Morgan fingerprint density at radius 3 is 2.62 bits per heavy atom. The predicted octanol–water partition coefficient (Wildman–Crippen LogP) is 4.35. The highest BCUT2D eigenvalue weighted by atomic mass is 16.4. The minimum absolute atomic E-state index is 0.241. The number of carboxylic acids is 1. The van der Waals surface area contributed by atoms with Crippen LogP contribution in [0.4, 0.5) is 0 Å². The molecule has 4 aromatic rings. The first kappa shape index (κ1) is 19.9. The summed E-state index contributed by atoms with van der Waals surface area (Å²) in [6.07, 6.45) is 6.30. The molecule has 3 heterocycles. The number of carbonyl (C=O) groups is 1. The van der Waals surface area contributed by atoms with Crippen molar-refractivity contribution in [1.29, 1.82) is 0 Å². The summed E-state index contributed by atoms with van der Waals surface area (Å²) >= 11 is 0. The molecule has 0 amide bonds. The number of rotatable bonds is 4. The first-order valence-corrected chi connectivity index (χ1v) is 10.7. The van der Waals surface area contributed by atoms with Crippen molar-refractivity contribution in [3.8, 4) is 22.5 Å². The molecule has 0 aliphatic heterocycles. The van der Waals surface area contributed by atoms with E-state index >= 15 is 0 Å². The molecule has 1 aliphatic carbocycles. The van der Waals surface area contributed by atoms with Crippen molar-refractivity contribution in [3.05, 3.63) is 88.9 Å². The average molecular weight is 426 g/mol. The second kappa shape index (κ2) is 8.26. The Hall–Kier alpha value is -4.00. The predicted molar refractivity (Wildman–Crippen MR) is 121 cm³/mol. The van der Waals surface area contributed by atoms with E-state index < -0.39 is 5.97 Å². The molecule has 0 spiro atoms. The molecule has 5 rings (SSSR count). The van der Waals surface area contributed by atoms with E-state index in [1.54, 1.807) is 6.07 Å². The Labute approximate surface area is 184 Å². The molecule has 1 N–H and O–H groups in total. The smallest absolute Gasteiger partial charge is 0.328 e. The number of allylic oxidation sites excluding steroid dienone is 1. The van der Waals surface area contributed by atoms with E-state index in [9.17, 15) is 14.7 Å². The number of benzene rings is 1. The van der Waals surface area contributed by atoms with Crippen LogP contribution in [0.3, 0.4) is 0 Å². The minimum atomic E-state index is -0.995. The van der Waals surface area contributed by atoms with Gasteiger partial charge in [0, 0.05) is 23.9 Å². The van der Waals surface area contributed by atoms with Crippen LogP contribution in [-0.2, 0) is 4.79 Å². The Kier molecular flexibility index (Phi) is 5.15. The van der Waals surface area contributed by atoms with Crippen molar-refractivity contribution in [2.24, 2.45) is 0 Å². The third kappa shape index (κ3) is 3.62. The number of nitrogens with zero attached hydrogens (tertiary/aromatic N) is 4. The fourth-order valence-electron chi connectivity index (χ4n) is 4.46. The minimum Gasteiger partial charge on any atom is -0.478 e. The maximum Gasteiger partial charge on any atom is 0.328 e. The zero-order chi connectivity index (χ0) is 22.1. The lowest BCUT2D eigenvalue weighted by Crippen LogP contribution is -2.30. The summed E-state index contributed by atoms with van der Waals surface area (Å²) in [5.74, 6) is -0.995. The Balaban J connectivity index is 1.71. The van der Waals surface area contributed by atoms with Gasteiger partial charge in [-0.1, -0.05) is 42.8 Å². The van der Waals surface area contributed by atoms with E-state index in [0.29, 0.717) is 18.5 Å². The highest BCUT2D eigenvalue weighted by Gasteiger charge is 2.25.